The van der Waals surface area contributed by atoms with Crippen molar-refractivity contribution in [1.82, 2.24) is 0 Å². The Labute approximate surface area is 151 Å². The van der Waals surface area contributed by atoms with Crippen molar-refractivity contribution in [1.29, 1.82) is 0 Å². The van der Waals surface area contributed by atoms with Crippen LogP contribution in [0.25, 0.3) is 0 Å². The van der Waals surface area contributed by atoms with Crippen molar-refractivity contribution in [2.75, 3.05) is 0 Å². The van der Waals surface area contributed by atoms with E-state index >= 15 is 0 Å². The van der Waals surface area contributed by atoms with Gasteiger partial charge in [0.1, 0.15) is 0 Å². The summed E-state index contributed by atoms with van der Waals surface area (Å²) in [4.78, 5) is 0. The van der Waals surface area contributed by atoms with E-state index in [2.05, 4.69) is 38.8 Å². The Balaban J connectivity index is 5.03. The maximum absolute atomic E-state index is 7.00. The first-order valence-electron chi connectivity index (χ1n) is 9.37. The zero-order valence-electron chi connectivity index (χ0n) is 15.2. The Hall–Kier alpha value is 0.574. The lowest BCUT2D eigenvalue weighted by Gasteiger charge is -2.21. The number of unbranched alkanes of at least 4 members (excludes halogenated alkanes) is 4. The standard InChI is InChI=1S/C18H36Cl2Si2/c1-5-9-13-21(19,14-10-6-2)17-18-22(20,15-11-7-3)16-12-8-4/h5-16H2,1-4H3. The lowest BCUT2D eigenvalue weighted by molar-refractivity contribution is 0.841. The Morgan fingerprint density at radius 1 is 0.545 bits per heavy atom. The van der Waals surface area contributed by atoms with Gasteiger partial charge in [-0.15, -0.1) is 11.1 Å². The van der Waals surface area contributed by atoms with Gasteiger partial charge in [-0.05, 0) is 24.2 Å². The van der Waals surface area contributed by atoms with Crippen LogP contribution >= 0.6 is 22.2 Å². The van der Waals surface area contributed by atoms with Gasteiger partial charge in [-0.2, -0.15) is 22.2 Å². The van der Waals surface area contributed by atoms with Crippen LogP contribution in [0.4, 0.5) is 0 Å². The summed E-state index contributed by atoms with van der Waals surface area (Å²) in [5.41, 5.74) is 7.22. The molecule has 0 aliphatic rings. The van der Waals surface area contributed by atoms with Gasteiger partial charge in [0.15, 0.2) is 0 Å². The Kier molecular flexibility index (Phi) is 13.3. The van der Waals surface area contributed by atoms with Crippen LogP contribution in [0.5, 0.6) is 0 Å². The highest BCUT2D eigenvalue weighted by Crippen LogP contribution is 2.29. The van der Waals surface area contributed by atoms with Gasteiger partial charge >= 0.3 is 0 Å². The van der Waals surface area contributed by atoms with Gasteiger partial charge in [-0.1, -0.05) is 79.1 Å². The van der Waals surface area contributed by atoms with Crippen molar-refractivity contribution < 1.29 is 0 Å². The fraction of sp³-hybridized carbons (Fsp3) is 0.889. The molecule has 0 aromatic rings. The van der Waals surface area contributed by atoms with Crippen molar-refractivity contribution in [3.05, 3.63) is 0 Å². The third-order valence-corrected chi connectivity index (χ3v) is 13.0. The molecule has 0 aliphatic heterocycles. The van der Waals surface area contributed by atoms with E-state index < -0.39 is 14.8 Å². The monoisotopic (exact) mass is 378 g/mol. The van der Waals surface area contributed by atoms with Crippen LogP contribution in [0.2, 0.25) is 24.2 Å². The molecule has 0 bridgehead atoms. The summed E-state index contributed by atoms with van der Waals surface area (Å²) in [6, 6.07) is 4.56. The van der Waals surface area contributed by atoms with Gasteiger partial charge in [-0.3, -0.25) is 0 Å². The van der Waals surface area contributed by atoms with E-state index in [-0.39, 0.29) is 0 Å². The summed E-state index contributed by atoms with van der Waals surface area (Å²) in [6.45, 7) is 8.95. The molecule has 0 N–H and O–H groups in total. The van der Waals surface area contributed by atoms with Crippen molar-refractivity contribution >= 4 is 36.9 Å². The molecular formula is C18H36Cl2Si2. The maximum Gasteiger partial charge on any atom is 0.233 e. The highest BCUT2D eigenvalue weighted by Gasteiger charge is 2.31. The van der Waals surface area contributed by atoms with Crippen molar-refractivity contribution in [2.24, 2.45) is 0 Å². The van der Waals surface area contributed by atoms with Gasteiger partial charge in [-0.25, -0.2) is 0 Å². The normalized spacial score (nSPS) is 12.1. The second-order valence-corrected chi connectivity index (χ2v) is 17.3. The molecule has 0 radical (unpaired) electrons. The molecule has 0 heterocycles. The zero-order valence-corrected chi connectivity index (χ0v) is 18.8. The first-order valence-corrected chi connectivity index (χ1v) is 16.2. The maximum atomic E-state index is 7.00. The van der Waals surface area contributed by atoms with E-state index in [4.69, 9.17) is 22.2 Å². The van der Waals surface area contributed by atoms with Crippen LogP contribution in [-0.4, -0.2) is 14.8 Å². The first-order chi connectivity index (χ1) is 10.4. The Morgan fingerprint density at radius 3 is 0.955 bits per heavy atom. The smallest absolute Gasteiger partial charge is 0.150 e. The largest absolute Gasteiger partial charge is 0.233 e. The average molecular weight is 380 g/mol. The van der Waals surface area contributed by atoms with Crippen LogP contribution < -0.4 is 0 Å². The second-order valence-electron chi connectivity index (χ2n) is 6.59. The van der Waals surface area contributed by atoms with Gasteiger partial charge < -0.3 is 0 Å². The summed E-state index contributed by atoms with van der Waals surface area (Å²) in [5, 5.41) is 0. The molecule has 0 rings (SSSR count). The molecule has 0 aromatic carbocycles. The molecule has 0 amide bonds. The lowest BCUT2D eigenvalue weighted by Crippen LogP contribution is -2.30. The van der Waals surface area contributed by atoms with Crippen molar-refractivity contribution in [3.63, 3.8) is 0 Å². The van der Waals surface area contributed by atoms with Crippen LogP contribution in [0.1, 0.15) is 79.1 Å². The van der Waals surface area contributed by atoms with Gasteiger partial charge in [0.2, 0.25) is 14.8 Å². The van der Waals surface area contributed by atoms with Gasteiger partial charge in [0, 0.05) is 0 Å². The summed E-state index contributed by atoms with van der Waals surface area (Å²) >= 11 is 14.0. The highest BCUT2D eigenvalue weighted by molar-refractivity contribution is 7.28. The number of rotatable bonds is 12. The van der Waals surface area contributed by atoms with Crippen LogP contribution in [0, 0.1) is 11.1 Å². The SMILES string of the molecule is CCCC[Si](Cl)(C#C[Si](Cl)(CCCC)CCCC)CCCC. The summed E-state index contributed by atoms with van der Waals surface area (Å²) in [6.07, 6.45) is 9.72. The van der Waals surface area contributed by atoms with Crippen LogP contribution in [-0.2, 0) is 0 Å². The molecule has 130 valence electrons. The number of hydrogen-bond donors (Lipinski definition) is 0. The fourth-order valence-corrected chi connectivity index (χ4v) is 11.5. The molecule has 0 saturated carbocycles. The van der Waals surface area contributed by atoms with E-state index in [1.54, 1.807) is 0 Å². The average Bonchev–Trinajstić information content (AvgIpc) is 2.53. The van der Waals surface area contributed by atoms with E-state index in [1.807, 2.05) is 0 Å². The molecule has 0 atom stereocenters. The van der Waals surface area contributed by atoms with Crippen molar-refractivity contribution in [2.45, 2.75) is 103 Å². The zero-order chi connectivity index (χ0) is 16.9. The molecule has 0 spiro atoms. The lowest BCUT2D eigenvalue weighted by atomic mass is 10.4. The summed E-state index contributed by atoms with van der Waals surface area (Å²) in [7, 11) is -3.84. The molecule has 0 saturated heterocycles. The minimum absolute atomic E-state index is 1.14. The van der Waals surface area contributed by atoms with Crippen molar-refractivity contribution in [3.8, 4) is 11.1 Å². The van der Waals surface area contributed by atoms with Crippen LogP contribution in [0.15, 0.2) is 0 Å². The predicted molar refractivity (Wildman–Crippen MR) is 110 cm³/mol. The predicted octanol–water partition coefficient (Wildman–Crippen LogP) is 7.64. The van der Waals surface area contributed by atoms with Crippen LogP contribution in [0.3, 0.4) is 0 Å². The topological polar surface area (TPSA) is 0 Å². The molecule has 4 heteroatoms. The quantitative estimate of drug-likeness (QED) is 0.186. The van der Waals surface area contributed by atoms with E-state index in [1.165, 1.54) is 51.4 Å². The number of halogens is 2. The molecule has 0 unspecified atom stereocenters. The first kappa shape index (κ1) is 22.6. The minimum atomic E-state index is -1.92. The van der Waals surface area contributed by atoms with Gasteiger partial charge in [0.05, 0.1) is 0 Å². The molecule has 0 fully saturated rings. The summed E-state index contributed by atoms with van der Waals surface area (Å²) < 4.78 is 0. The Morgan fingerprint density at radius 2 is 0.773 bits per heavy atom. The minimum Gasteiger partial charge on any atom is -0.150 e. The third kappa shape index (κ3) is 10.4. The molecule has 0 nitrogen and oxygen atoms in total. The highest BCUT2D eigenvalue weighted by atomic mass is 35.6. The summed E-state index contributed by atoms with van der Waals surface area (Å²) in [5.74, 6) is 0. The van der Waals surface area contributed by atoms with E-state index in [9.17, 15) is 0 Å². The van der Waals surface area contributed by atoms with Gasteiger partial charge in [0.25, 0.3) is 0 Å². The van der Waals surface area contributed by atoms with E-state index in [0.717, 1.165) is 24.2 Å². The molecular weight excluding hydrogens is 343 g/mol. The molecule has 22 heavy (non-hydrogen) atoms. The second kappa shape index (κ2) is 12.9. The Bertz CT molecular complexity index is 288. The third-order valence-electron chi connectivity index (χ3n) is 4.22. The van der Waals surface area contributed by atoms with E-state index in [0.29, 0.717) is 0 Å². The number of hydrogen-bond acceptors (Lipinski definition) is 0. The fourth-order valence-electron chi connectivity index (χ4n) is 2.55. The molecule has 0 aliphatic carbocycles. The molecule has 0 aromatic heterocycles.